The second kappa shape index (κ2) is 4.85. The molecule has 1 unspecified atom stereocenters. The Balaban J connectivity index is 1.66. The molecule has 2 aliphatic heterocycles. The molecule has 2 heterocycles. The highest BCUT2D eigenvalue weighted by molar-refractivity contribution is 5.77. The Labute approximate surface area is 114 Å². The third-order valence-electron chi connectivity index (χ3n) is 4.28. The van der Waals surface area contributed by atoms with Crippen LogP contribution in [0.5, 0.6) is 0 Å². The number of amides is 2. The first-order valence-corrected chi connectivity index (χ1v) is 6.94. The fraction of sp³-hybridized carbons (Fsp3) is 0.533. The van der Waals surface area contributed by atoms with E-state index in [0.29, 0.717) is 6.04 Å². The number of piperazine rings is 1. The maximum Gasteiger partial charge on any atom is 0.320 e. The second-order valence-electron chi connectivity index (χ2n) is 5.67. The summed E-state index contributed by atoms with van der Waals surface area (Å²) < 4.78 is 0. The summed E-state index contributed by atoms with van der Waals surface area (Å²) >= 11 is 0. The summed E-state index contributed by atoms with van der Waals surface area (Å²) in [5.74, 6) is 0. The van der Waals surface area contributed by atoms with Gasteiger partial charge in [0.15, 0.2) is 0 Å². The van der Waals surface area contributed by atoms with E-state index in [0.717, 1.165) is 32.7 Å². The predicted octanol–water partition coefficient (Wildman–Crippen LogP) is 1.55. The zero-order chi connectivity index (χ0) is 13.4. The van der Waals surface area contributed by atoms with Gasteiger partial charge in [-0.05, 0) is 18.1 Å². The molecule has 2 saturated heterocycles. The number of hydrogen-bond acceptors (Lipinski definition) is 2. The Morgan fingerprint density at radius 1 is 1.21 bits per heavy atom. The van der Waals surface area contributed by atoms with Crippen LogP contribution < -0.4 is 0 Å². The van der Waals surface area contributed by atoms with Gasteiger partial charge in [-0.1, -0.05) is 24.3 Å². The molecule has 0 aliphatic carbocycles. The molecular weight excluding hydrogens is 238 g/mol. The highest BCUT2D eigenvalue weighted by atomic mass is 16.2. The third-order valence-corrected chi connectivity index (χ3v) is 4.28. The minimum Gasteiger partial charge on any atom is -0.326 e. The van der Waals surface area contributed by atoms with Gasteiger partial charge in [0, 0.05) is 39.8 Å². The average Bonchev–Trinajstić information content (AvgIpc) is 2.68. The molecule has 1 aromatic carbocycles. The van der Waals surface area contributed by atoms with E-state index >= 15 is 0 Å². The van der Waals surface area contributed by atoms with Crippen molar-refractivity contribution in [3.63, 3.8) is 0 Å². The Hall–Kier alpha value is -1.55. The second-order valence-corrected chi connectivity index (χ2v) is 5.67. The van der Waals surface area contributed by atoms with Crippen LogP contribution >= 0.6 is 0 Å². The molecule has 3 rings (SSSR count). The van der Waals surface area contributed by atoms with Gasteiger partial charge in [-0.2, -0.15) is 0 Å². The molecule has 1 atom stereocenters. The van der Waals surface area contributed by atoms with E-state index in [-0.39, 0.29) is 6.03 Å². The van der Waals surface area contributed by atoms with Crippen LogP contribution in [-0.4, -0.2) is 60.0 Å². The number of hydrogen-bond donors (Lipinski definition) is 0. The normalized spacial score (nSPS) is 23.9. The number of carbonyl (C=O) groups excluding carboxylic acids is 1. The van der Waals surface area contributed by atoms with Crippen LogP contribution in [0, 0.1) is 6.92 Å². The SMILES string of the molecule is Cc1ccccc1CN1CCN2C(=O)N(C)CC2C1. The summed E-state index contributed by atoms with van der Waals surface area (Å²) in [6.45, 7) is 6.85. The summed E-state index contributed by atoms with van der Waals surface area (Å²) in [7, 11) is 1.90. The standard InChI is InChI=1S/C15H21N3O/c1-12-5-3-4-6-13(12)9-17-7-8-18-14(11-17)10-16(2)15(18)19/h3-6,14H,7-11H2,1-2H3. The maximum absolute atomic E-state index is 11.9. The average molecular weight is 259 g/mol. The zero-order valence-electron chi connectivity index (χ0n) is 11.7. The van der Waals surface area contributed by atoms with Gasteiger partial charge in [-0.3, -0.25) is 4.90 Å². The van der Waals surface area contributed by atoms with E-state index in [9.17, 15) is 4.79 Å². The van der Waals surface area contributed by atoms with Crippen molar-refractivity contribution >= 4 is 6.03 Å². The van der Waals surface area contributed by atoms with Gasteiger partial charge < -0.3 is 9.80 Å². The monoisotopic (exact) mass is 259 g/mol. The smallest absolute Gasteiger partial charge is 0.320 e. The van der Waals surface area contributed by atoms with Crippen molar-refractivity contribution in [2.45, 2.75) is 19.5 Å². The lowest BCUT2D eigenvalue weighted by Gasteiger charge is -2.36. The highest BCUT2D eigenvalue weighted by Crippen LogP contribution is 2.21. The van der Waals surface area contributed by atoms with Crippen LogP contribution in [-0.2, 0) is 6.54 Å². The maximum atomic E-state index is 11.9. The molecule has 4 heteroatoms. The van der Waals surface area contributed by atoms with E-state index < -0.39 is 0 Å². The van der Waals surface area contributed by atoms with Crippen molar-refractivity contribution in [1.82, 2.24) is 14.7 Å². The number of benzene rings is 1. The fourth-order valence-corrected chi connectivity index (χ4v) is 3.11. The number of aryl methyl sites for hydroxylation is 1. The van der Waals surface area contributed by atoms with Crippen molar-refractivity contribution in [3.05, 3.63) is 35.4 Å². The molecule has 19 heavy (non-hydrogen) atoms. The summed E-state index contributed by atoms with van der Waals surface area (Å²) in [6, 6.07) is 9.12. The molecule has 1 aromatic rings. The van der Waals surface area contributed by atoms with Gasteiger partial charge in [0.2, 0.25) is 0 Å². The van der Waals surface area contributed by atoms with Crippen LogP contribution in [0.2, 0.25) is 0 Å². The van der Waals surface area contributed by atoms with E-state index in [1.54, 1.807) is 0 Å². The summed E-state index contributed by atoms with van der Waals surface area (Å²) in [6.07, 6.45) is 0. The van der Waals surface area contributed by atoms with Gasteiger partial charge in [-0.15, -0.1) is 0 Å². The Morgan fingerprint density at radius 3 is 2.79 bits per heavy atom. The summed E-state index contributed by atoms with van der Waals surface area (Å²) in [5, 5.41) is 0. The highest BCUT2D eigenvalue weighted by Gasteiger charge is 2.38. The van der Waals surface area contributed by atoms with Crippen molar-refractivity contribution < 1.29 is 4.79 Å². The Morgan fingerprint density at radius 2 is 2.00 bits per heavy atom. The molecule has 2 fully saturated rings. The molecule has 0 saturated carbocycles. The minimum atomic E-state index is 0.195. The van der Waals surface area contributed by atoms with E-state index in [1.807, 2.05) is 16.8 Å². The van der Waals surface area contributed by atoms with Gasteiger partial charge in [0.1, 0.15) is 0 Å². The van der Waals surface area contributed by atoms with E-state index in [2.05, 4.69) is 36.1 Å². The number of likely N-dealkylation sites (N-methyl/N-ethyl adjacent to an activating group) is 1. The van der Waals surface area contributed by atoms with Gasteiger partial charge >= 0.3 is 6.03 Å². The number of urea groups is 1. The number of fused-ring (bicyclic) bond motifs is 1. The summed E-state index contributed by atoms with van der Waals surface area (Å²) in [5.41, 5.74) is 2.75. The predicted molar refractivity (Wildman–Crippen MR) is 75.0 cm³/mol. The minimum absolute atomic E-state index is 0.195. The molecule has 2 aliphatic rings. The van der Waals surface area contributed by atoms with Gasteiger partial charge in [0.05, 0.1) is 6.04 Å². The molecule has 0 spiro atoms. The third kappa shape index (κ3) is 2.32. The molecule has 0 aromatic heterocycles. The molecule has 4 nitrogen and oxygen atoms in total. The van der Waals surface area contributed by atoms with Crippen molar-refractivity contribution in [2.24, 2.45) is 0 Å². The largest absolute Gasteiger partial charge is 0.326 e. The number of carbonyl (C=O) groups is 1. The van der Waals surface area contributed by atoms with Crippen molar-refractivity contribution in [1.29, 1.82) is 0 Å². The lowest BCUT2D eigenvalue weighted by Crippen LogP contribution is -2.51. The lowest BCUT2D eigenvalue weighted by molar-refractivity contribution is 0.116. The van der Waals surface area contributed by atoms with E-state index in [1.165, 1.54) is 11.1 Å². The quantitative estimate of drug-likeness (QED) is 0.805. The van der Waals surface area contributed by atoms with Crippen LogP contribution in [0.25, 0.3) is 0 Å². The number of rotatable bonds is 2. The van der Waals surface area contributed by atoms with Crippen molar-refractivity contribution in [3.8, 4) is 0 Å². The molecule has 102 valence electrons. The van der Waals surface area contributed by atoms with Crippen LogP contribution in [0.1, 0.15) is 11.1 Å². The van der Waals surface area contributed by atoms with Crippen LogP contribution in [0.15, 0.2) is 24.3 Å². The molecule has 0 radical (unpaired) electrons. The van der Waals surface area contributed by atoms with E-state index in [4.69, 9.17) is 0 Å². The topological polar surface area (TPSA) is 26.8 Å². The number of nitrogens with zero attached hydrogens (tertiary/aromatic N) is 3. The Kier molecular flexibility index (Phi) is 3.19. The van der Waals surface area contributed by atoms with Gasteiger partial charge in [0.25, 0.3) is 0 Å². The Bertz CT molecular complexity index is 488. The fourth-order valence-electron chi connectivity index (χ4n) is 3.11. The zero-order valence-corrected chi connectivity index (χ0v) is 11.7. The first kappa shape index (κ1) is 12.5. The molecule has 0 bridgehead atoms. The summed E-state index contributed by atoms with van der Waals surface area (Å²) in [4.78, 5) is 18.2. The first-order chi connectivity index (χ1) is 9.15. The van der Waals surface area contributed by atoms with Crippen molar-refractivity contribution in [2.75, 3.05) is 33.2 Å². The molecule has 2 amide bonds. The molecule has 0 N–H and O–H groups in total. The lowest BCUT2D eigenvalue weighted by atomic mass is 10.1. The van der Waals surface area contributed by atoms with Crippen LogP contribution in [0.3, 0.4) is 0 Å². The molecular formula is C15H21N3O. The van der Waals surface area contributed by atoms with Crippen LogP contribution in [0.4, 0.5) is 4.79 Å². The van der Waals surface area contributed by atoms with Gasteiger partial charge in [-0.25, -0.2) is 4.79 Å². The first-order valence-electron chi connectivity index (χ1n) is 6.94.